The van der Waals surface area contributed by atoms with E-state index in [1.807, 2.05) is 88.4 Å². The molecule has 1 fully saturated rings. The standard InChI is InChI=1S/C23H28O3/c1-5-22(18-13-9-7-10-14-18)20(24)23(6-2,19-15-11-8-12-16-19)26-21(22)25-17(3)4/h7-17,21H,5-6H2,1-4H3/t21-,22-,23+/m0/s1. The normalized spacial score (nSPS) is 28.7. The molecule has 0 aliphatic carbocycles. The van der Waals surface area contributed by atoms with Crippen molar-refractivity contribution in [2.45, 2.75) is 63.9 Å². The van der Waals surface area contributed by atoms with Crippen LogP contribution in [0.15, 0.2) is 60.7 Å². The third kappa shape index (κ3) is 2.80. The van der Waals surface area contributed by atoms with Crippen LogP contribution in [0, 0.1) is 0 Å². The van der Waals surface area contributed by atoms with Gasteiger partial charge in [0, 0.05) is 0 Å². The lowest BCUT2D eigenvalue weighted by molar-refractivity contribution is -0.205. The molecule has 3 heteroatoms. The minimum absolute atomic E-state index is 0.0362. The van der Waals surface area contributed by atoms with E-state index < -0.39 is 17.3 Å². The molecular formula is C23H28O3. The Labute approximate surface area is 156 Å². The first-order chi connectivity index (χ1) is 12.5. The number of hydrogen-bond donors (Lipinski definition) is 0. The molecule has 0 aromatic heterocycles. The molecule has 2 aromatic rings. The van der Waals surface area contributed by atoms with Crippen LogP contribution in [0.4, 0.5) is 0 Å². The Morgan fingerprint density at radius 2 is 1.46 bits per heavy atom. The van der Waals surface area contributed by atoms with Crippen LogP contribution in [0.3, 0.4) is 0 Å². The summed E-state index contributed by atoms with van der Waals surface area (Å²) in [5.74, 6) is 0.0954. The van der Waals surface area contributed by atoms with Gasteiger partial charge in [-0.2, -0.15) is 0 Å². The summed E-state index contributed by atoms with van der Waals surface area (Å²) in [5.41, 5.74) is 0.0739. The van der Waals surface area contributed by atoms with E-state index in [0.29, 0.717) is 12.8 Å². The van der Waals surface area contributed by atoms with Crippen LogP contribution in [0.5, 0.6) is 0 Å². The van der Waals surface area contributed by atoms with E-state index >= 15 is 0 Å². The molecule has 3 nitrogen and oxygen atoms in total. The van der Waals surface area contributed by atoms with Gasteiger partial charge in [-0.05, 0) is 37.8 Å². The zero-order valence-electron chi connectivity index (χ0n) is 16.1. The second-order valence-electron chi connectivity index (χ2n) is 7.20. The number of carbonyl (C=O) groups excluding carboxylic acids is 1. The zero-order chi connectivity index (χ0) is 18.8. The SMILES string of the molecule is CC[C@]1(c2ccccc2)O[C@H](OC(C)C)[C@@](CC)(c2ccccc2)C1=O. The van der Waals surface area contributed by atoms with Crippen molar-refractivity contribution in [3.05, 3.63) is 71.8 Å². The van der Waals surface area contributed by atoms with Crippen molar-refractivity contribution in [3.8, 4) is 0 Å². The fraction of sp³-hybridized carbons (Fsp3) is 0.435. The Kier molecular flexibility index (Phi) is 5.31. The van der Waals surface area contributed by atoms with Crippen molar-refractivity contribution in [1.29, 1.82) is 0 Å². The minimum Gasteiger partial charge on any atom is -0.348 e. The average molecular weight is 352 g/mol. The molecule has 3 atom stereocenters. The largest absolute Gasteiger partial charge is 0.348 e. The van der Waals surface area contributed by atoms with Gasteiger partial charge in [-0.25, -0.2) is 0 Å². The van der Waals surface area contributed by atoms with E-state index in [4.69, 9.17) is 9.47 Å². The summed E-state index contributed by atoms with van der Waals surface area (Å²) in [7, 11) is 0. The van der Waals surface area contributed by atoms with Gasteiger partial charge in [0.25, 0.3) is 0 Å². The van der Waals surface area contributed by atoms with E-state index in [1.165, 1.54) is 0 Å². The maximum atomic E-state index is 14.0. The quantitative estimate of drug-likeness (QED) is 0.735. The first-order valence-electron chi connectivity index (χ1n) is 9.50. The molecule has 0 bridgehead atoms. The predicted octanol–water partition coefficient (Wildman–Crippen LogP) is 4.99. The average Bonchev–Trinajstić information content (AvgIpc) is 2.92. The molecule has 138 valence electrons. The zero-order valence-corrected chi connectivity index (χ0v) is 16.1. The van der Waals surface area contributed by atoms with Crippen LogP contribution in [0.2, 0.25) is 0 Å². The van der Waals surface area contributed by atoms with E-state index in [0.717, 1.165) is 11.1 Å². The van der Waals surface area contributed by atoms with Crippen LogP contribution in [0.25, 0.3) is 0 Å². The van der Waals surface area contributed by atoms with Gasteiger partial charge < -0.3 is 9.47 Å². The lowest BCUT2D eigenvalue weighted by atomic mass is 9.69. The van der Waals surface area contributed by atoms with Crippen molar-refractivity contribution in [2.75, 3.05) is 0 Å². The Balaban J connectivity index is 2.20. The van der Waals surface area contributed by atoms with Crippen molar-refractivity contribution in [1.82, 2.24) is 0 Å². The van der Waals surface area contributed by atoms with Gasteiger partial charge in [-0.1, -0.05) is 74.5 Å². The van der Waals surface area contributed by atoms with E-state index in [1.54, 1.807) is 0 Å². The second-order valence-corrected chi connectivity index (χ2v) is 7.20. The third-order valence-electron chi connectivity index (χ3n) is 5.46. The van der Waals surface area contributed by atoms with Gasteiger partial charge in [-0.3, -0.25) is 4.79 Å². The number of carbonyl (C=O) groups is 1. The molecule has 1 aliphatic rings. The molecule has 2 aromatic carbocycles. The van der Waals surface area contributed by atoms with Crippen molar-refractivity contribution < 1.29 is 14.3 Å². The number of ether oxygens (including phenoxy) is 2. The first-order valence-corrected chi connectivity index (χ1v) is 9.50. The van der Waals surface area contributed by atoms with E-state index in [2.05, 4.69) is 0 Å². The van der Waals surface area contributed by atoms with Crippen molar-refractivity contribution in [3.63, 3.8) is 0 Å². The molecule has 0 saturated carbocycles. The molecule has 1 aliphatic heterocycles. The van der Waals surface area contributed by atoms with Crippen molar-refractivity contribution in [2.24, 2.45) is 0 Å². The number of benzene rings is 2. The lowest BCUT2D eigenvalue weighted by Crippen LogP contribution is -2.45. The monoisotopic (exact) mass is 352 g/mol. The van der Waals surface area contributed by atoms with Crippen molar-refractivity contribution >= 4 is 5.78 Å². The van der Waals surface area contributed by atoms with Crippen LogP contribution >= 0.6 is 0 Å². The highest BCUT2D eigenvalue weighted by Gasteiger charge is 2.64. The molecule has 0 amide bonds. The summed E-state index contributed by atoms with van der Waals surface area (Å²) in [5, 5.41) is 0. The molecule has 3 rings (SSSR count). The maximum Gasteiger partial charge on any atom is 0.184 e. The van der Waals surface area contributed by atoms with Gasteiger partial charge in [0.1, 0.15) is 5.41 Å². The number of Topliss-reactive ketones (excluding diaryl/α,β-unsaturated/α-hetero) is 1. The maximum absolute atomic E-state index is 14.0. The van der Waals surface area contributed by atoms with Crippen LogP contribution in [-0.4, -0.2) is 18.2 Å². The number of hydrogen-bond acceptors (Lipinski definition) is 3. The summed E-state index contributed by atoms with van der Waals surface area (Å²) in [6, 6.07) is 19.8. The Hall–Kier alpha value is -1.97. The predicted molar refractivity (Wildman–Crippen MR) is 103 cm³/mol. The molecule has 26 heavy (non-hydrogen) atoms. The fourth-order valence-electron chi connectivity index (χ4n) is 4.08. The Morgan fingerprint density at radius 1 is 0.923 bits per heavy atom. The molecule has 0 N–H and O–H groups in total. The molecule has 0 radical (unpaired) electrons. The van der Waals surface area contributed by atoms with Gasteiger partial charge in [0.2, 0.25) is 0 Å². The smallest absolute Gasteiger partial charge is 0.184 e. The molecule has 0 unspecified atom stereocenters. The van der Waals surface area contributed by atoms with E-state index in [9.17, 15) is 4.79 Å². The van der Waals surface area contributed by atoms with Gasteiger partial charge in [0.15, 0.2) is 17.7 Å². The highest BCUT2D eigenvalue weighted by Crippen LogP contribution is 2.52. The van der Waals surface area contributed by atoms with Gasteiger partial charge >= 0.3 is 0 Å². The summed E-state index contributed by atoms with van der Waals surface area (Å²) in [6.45, 7) is 8.01. The van der Waals surface area contributed by atoms with E-state index in [-0.39, 0.29) is 11.9 Å². The van der Waals surface area contributed by atoms with Crippen LogP contribution < -0.4 is 0 Å². The number of ketones is 1. The fourth-order valence-corrected chi connectivity index (χ4v) is 4.08. The highest BCUT2D eigenvalue weighted by atomic mass is 16.7. The summed E-state index contributed by atoms with van der Waals surface area (Å²) >= 11 is 0. The Bertz CT molecular complexity index is 741. The highest BCUT2D eigenvalue weighted by molar-refractivity contribution is 6.00. The minimum atomic E-state index is -0.979. The number of rotatable bonds is 6. The van der Waals surface area contributed by atoms with Gasteiger partial charge in [0.05, 0.1) is 6.10 Å². The van der Waals surface area contributed by atoms with Crippen LogP contribution in [-0.2, 0) is 25.3 Å². The molecule has 1 saturated heterocycles. The van der Waals surface area contributed by atoms with Crippen LogP contribution in [0.1, 0.15) is 51.7 Å². The topological polar surface area (TPSA) is 35.5 Å². The second kappa shape index (κ2) is 7.34. The molecular weight excluding hydrogens is 324 g/mol. The molecule has 0 spiro atoms. The first kappa shape index (κ1) is 18.8. The van der Waals surface area contributed by atoms with Gasteiger partial charge in [-0.15, -0.1) is 0 Å². The summed E-state index contributed by atoms with van der Waals surface area (Å²) in [6.07, 6.45) is 0.554. The third-order valence-corrected chi connectivity index (χ3v) is 5.46. The lowest BCUT2D eigenvalue weighted by Gasteiger charge is -2.32. The summed E-state index contributed by atoms with van der Waals surface area (Å²) in [4.78, 5) is 14.0. The Morgan fingerprint density at radius 3 is 1.92 bits per heavy atom. The molecule has 1 heterocycles. The summed E-state index contributed by atoms with van der Waals surface area (Å²) < 4.78 is 12.7.